The summed E-state index contributed by atoms with van der Waals surface area (Å²) in [6, 6.07) is 8.65. The molecule has 3 aromatic rings. The Labute approximate surface area is 165 Å². The molecular weight excluding hydrogens is 374 g/mol. The maximum atomic E-state index is 12.6. The fraction of sp³-hybridized carbons (Fsp3) is 0.263. The highest BCUT2D eigenvalue weighted by atomic mass is 16.6. The molecule has 0 radical (unpaired) electrons. The van der Waals surface area contributed by atoms with E-state index in [0.717, 1.165) is 5.56 Å². The standard InChI is InChI=1S/C19H19N7O3/c20-16-14-15(22-9-8-21-14)17(23-16)24-25-18(27)13-7-4-10-26(13)19(28)29-11-12-5-2-1-3-6-12/h1-3,5-6,8-9,13,23H,4,7,10-11,20H2/t13-/m0/s1. The summed E-state index contributed by atoms with van der Waals surface area (Å²) in [5.41, 5.74) is 7.59. The fourth-order valence-corrected chi connectivity index (χ4v) is 3.24. The van der Waals surface area contributed by atoms with E-state index in [1.807, 2.05) is 30.3 Å². The van der Waals surface area contributed by atoms with Crippen LogP contribution in [0.25, 0.3) is 11.0 Å². The van der Waals surface area contributed by atoms with Crippen molar-refractivity contribution in [1.82, 2.24) is 19.9 Å². The van der Waals surface area contributed by atoms with Crippen molar-refractivity contribution >= 4 is 34.7 Å². The molecule has 2 aromatic heterocycles. The van der Waals surface area contributed by atoms with Crippen LogP contribution in [-0.2, 0) is 16.1 Å². The zero-order valence-corrected chi connectivity index (χ0v) is 15.5. The molecule has 0 aliphatic carbocycles. The van der Waals surface area contributed by atoms with Gasteiger partial charge in [0.05, 0.1) is 0 Å². The summed E-state index contributed by atoms with van der Waals surface area (Å²) in [5.74, 6) is 0.0148. The smallest absolute Gasteiger partial charge is 0.410 e. The Morgan fingerprint density at radius 3 is 2.76 bits per heavy atom. The molecule has 1 aliphatic rings. The minimum Gasteiger partial charge on any atom is -0.445 e. The number of aromatic nitrogens is 3. The van der Waals surface area contributed by atoms with Crippen molar-refractivity contribution in [3.05, 3.63) is 48.3 Å². The number of rotatable bonds is 4. The quantitative estimate of drug-likeness (QED) is 0.653. The van der Waals surface area contributed by atoms with Crippen molar-refractivity contribution < 1.29 is 14.3 Å². The number of aromatic amines is 1. The van der Waals surface area contributed by atoms with Crippen LogP contribution in [0.3, 0.4) is 0 Å². The second-order valence-corrected chi connectivity index (χ2v) is 6.57. The zero-order chi connectivity index (χ0) is 20.2. The molecule has 2 amide bonds. The maximum absolute atomic E-state index is 12.6. The van der Waals surface area contributed by atoms with Crippen LogP contribution >= 0.6 is 0 Å². The molecule has 148 valence electrons. The Hall–Kier alpha value is -3.82. The van der Waals surface area contributed by atoms with Gasteiger partial charge in [0, 0.05) is 18.9 Å². The largest absolute Gasteiger partial charge is 0.445 e. The number of anilines is 1. The van der Waals surface area contributed by atoms with Gasteiger partial charge in [0.25, 0.3) is 5.91 Å². The highest BCUT2D eigenvalue weighted by molar-refractivity contribution is 5.94. The monoisotopic (exact) mass is 393 g/mol. The van der Waals surface area contributed by atoms with Gasteiger partial charge in [-0.05, 0) is 18.4 Å². The number of likely N-dealkylation sites (tertiary alicyclic amines) is 1. The molecule has 1 atom stereocenters. The van der Waals surface area contributed by atoms with E-state index in [0.29, 0.717) is 36.2 Å². The molecule has 0 saturated carbocycles. The molecule has 3 heterocycles. The first kappa shape index (κ1) is 18.5. The number of H-pyrrole nitrogens is 1. The fourth-order valence-electron chi connectivity index (χ4n) is 3.24. The van der Waals surface area contributed by atoms with Crippen LogP contribution in [-0.4, -0.2) is 44.4 Å². The minimum absolute atomic E-state index is 0.144. The van der Waals surface area contributed by atoms with Crippen LogP contribution in [0.15, 0.2) is 53.0 Å². The Morgan fingerprint density at radius 2 is 1.97 bits per heavy atom. The summed E-state index contributed by atoms with van der Waals surface area (Å²) < 4.78 is 5.34. The Morgan fingerprint density at radius 1 is 1.21 bits per heavy atom. The van der Waals surface area contributed by atoms with Gasteiger partial charge in [-0.1, -0.05) is 30.3 Å². The summed E-state index contributed by atoms with van der Waals surface area (Å²) in [6.07, 6.45) is 3.66. The van der Waals surface area contributed by atoms with E-state index in [2.05, 4.69) is 25.2 Å². The van der Waals surface area contributed by atoms with Gasteiger partial charge in [-0.2, -0.15) is 0 Å². The number of carbonyl (C=O) groups is 2. The molecule has 10 heteroatoms. The molecule has 4 rings (SSSR count). The lowest BCUT2D eigenvalue weighted by Gasteiger charge is -2.21. The van der Waals surface area contributed by atoms with Gasteiger partial charge in [0.2, 0.25) is 0 Å². The molecule has 0 bridgehead atoms. The Bertz CT molecular complexity index is 1060. The number of nitrogens with one attached hydrogen (secondary N) is 1. The third kappa shape index (κ3) is 3.91. The molecular formula is C19H19N7O3. The third-order valence-corrected chi connectivity index (χ3v) is 4.66. The van der Waals surface area contributed by atoms with Gasteiger partial charge >= 0.3 is 6.09 Å². The maximum Gasteiger partial charge on any atom is 0.410 e. The number of nitrogen functional groups attached to an aromatic ring is 1. The van der Waals surface area contributed by atoms with Crippen molar-refractivity contribution in [3.63, 3.8) is 0 Å². The average molecular weight is 393 g/mol. The number of benzene rings is 1. The molecule has 3 N–H and O–H groups in total. The van der Waals surface area contributed by atoms with E-state index in [1.165, 1.54) is 17.3 Å². The SMILES string of the molecule is Nc1[nH]c(N=NC(=O)[C@@H]2CCCN2C(=O)OCc2ccccc2)c2nccnc12. The number of nitrogens with zero attached hydrogens (tertiary/aromatic N) is 5. The number of hydrogen-bond donors (Lipinski definition) is 2. The molecule has 0 spiro atoms. The van der Waals surface area contributed by atoms with Crippen LogP contribution < -0.4 is 5.73 Å². The van der Waals surface area contributed by atoms with Gasteiger partial charge in [-0.15, -0.1) is 10.2 Å². The number of amides is 2. The number of nitrogens with two attached hydrogens (primary N) is 1. The van der Waals surface area contributed by atoms with Crippen LogP contribution in [0.4, 0.5) is 16.4 Å². The van der Waals surface area contributed by atoms with Gasteiger partial charge in [-0.3, -0.25) is 9.69 Å². The van der Waals surface area contributed by atoms with Crippen molar-refractivity contribution in [1.29, 1.82) is 0 Å². The summed E-state index contributed by atoms with van der Waals surface area (Å²) in [7, 11) is 0. The number of fused-ring (bicyclic) bond motifs is 1. The topological polar surface area (TPSA) is 139 Å². The molecule has 1 aromatic carbocycles. The van der Waals surface area contributed by atoms with Gasteiger partial charge in [0.1, 0.15) is 29.5 Å². The van der Waals surface area contributed by atoms with Crippen LogP contribution in [0, 0.1) is 0 Å². The predicted molar refractivity (Wildman–Crippen MR) is 104 cm³/mol. The zero-order valence-electron chi connectivity index (χ0n) is 15.5. The van der Waals surface area contributed by atoms with Crippen molar-refractivity contribution in [2.24, 2.45) is 10.2 Å². The summed E-state index contributed by atoms with van der Waals surface area (Å²) >= 11 is 0. The molecule has 29 heavy (non-hydrogen) atoms. The number of carbonyl (C=O) groups excluding carboxylic acids is 2. The second kappa shape index (κ2) is 8.05. The molecule has 1 aliphatic heterocycles. The van der Waals surface area contributed by atoms with E-state index in [4.69, 9.17) is 10.5 Å². The summed E-state index contributed by atoms with van der Waals surface area (Å²) in [6.45, 7) is 0.578. The lowest BCUT2D eigenvalue weighted by molar-refractivity contribution is -0.122. The molecule has 1 saturated heterocycles. The second-order valence-electron chi connectivity index (χ2n) is 6.57. The highest BCUT2D eigenvalue weighted by Gasteiger charge is 2.35. The first-order valence-corrected chi connectivity index (χ1v) is 9.14. The molecule has 10 nitrogen and oxygen atoms in total. The minimum atomic E-state index is -0.702. The number of azo groups is 1. The normalized spacial score (nSPS) is 16.6. The van der Waals surface area contributed by atoms with Crippen molar-refractivity contribution in [3.8, 4) is 0 Å². The molecule has 0 unspecified atom stereocenters. The Balaban J connectivity index is 1.43. The lowest BCUT2D eigenvalue weighted by Crippen LogP contribution is -2.40. The van der Waals surface area contributed by atoms with E-state index in [1.54, 1.807) is 0 Å². The third-order valence-electron chi connectivity index (χ3n) is 4.66. The van der Waals surface area contributed by atoms with Gasteiger partial charge in [0.15, 0.2) is 5.82 Å². The highest BCUT2D eigenvalue weighted by Crippen LogP contribution is 2.27. The van der Waals surface area contributed by atoms with Crippen molar-refractivity contribution in [2.75, 3.05) is 12.3 Å². The van der Waals surface area contributed by atoms with Crippen LogP contribution in [0.1, 0.15) is 18.4 Å². The van der Waals surface area contributed by atoms with Crippen LogP contribution in [0.2, 0.25) is 0 Å². The van der Waals surface area contributed by atoms with Gasteiger partial charge in [-0.25, -0.2) is 14.8 Å². The van der Waals surface area contributed by atoms with E-state index in [-0.39, 0.29) is 12.4 Å². The lowest BCUT2D eigenvalue weighted by atomic mass is 10.2. The first-order chi connectivity index (χ1) is 14.1. The summed E-state index contributed by atoms with van der Waals surface area (Å²) in [4.78, 5) is 37.4. The number of hydrogen-bond acceptors (Lipinski definition) is 7. The number of ether oxygens (including phenoxy) is 1. The van der Waals surface area contributed by atoms with E-state index < -0.39 is 18.0 Å². The van der Waals surface area contributed by atoms with E-state index >= 15 is 0 Å². The summed E-state index contributed by atoms with van der Waals surface area (Å²) in [5, 5.41) is 7.72. The first-order valence-electron chi connectivity index (χ1n) is 9.14. The van der Waals surface area contributed by atoms with Gasteiger partial charge < -0.3 is 15.5 Å². The van der Waals surface area contributed by atoms with Crippen molar-refractivity contribution in [2.45, 2.75) is 25.5 Å². The average Bonchev–Trinajstić information content (AvgIpc) is 3.37. The van der Waals surface area contributed by atoms with Crippen LogP contribution in [0.5, 0.6) is 0 Å². The van der Waals surface area contributed by atoms with E-state index in [9.17, 15) is 9.59 Å². The molecule has 1 fully saturated rings. The predicted octanol–water partition coefficient (Wildman–Crippen LogP) is 2.95. The Kier molecular flexibility index (Phi) is 5.14.